The van der Waals surface area contributed by atoms with Crippen LogP contribution >= 0.6 is 11.3 Å². The van der Waals surface area contributed by atoms with Crippen molar-refractivity contribution in [2.45, 2.75) is 51.6 Å². The molecule has 1 aliphatic heterocycles. The fourth-order valence-corrected chi connectivity index (χ4v) is 4.93. The zero-order chi connectivity index (χ0) is 17.4. The van der Waals surface area contributed by atoms with Gasteiger partial charge in [-0.15, -0.1) is 0 Å². The summed E-state index contributed by atoms with van der Waals surface area (Å²) in [6, 6.07) is 3.95. The average molecular weight is 360 g/mol. The van der Waals surface area contributed by atoms with Gasteiger partial charge in [0.2, 0.25) is 5.75 Å². The summed E-state index contributed by atoms with van der Waals surface area (Å²) in [6.07, 6.45) is 5.54. The Hall–Kier alpha value is -1.95. The van der Waals surface area contributed by atoms with Gasteiger partial charge in [0, 0.05) is 5.56 Å². The van der Waals surface area contributed by atoms with Gasteiger partial charge in [-0.05, 0) is 51.7 Å². The van der Waals surface area contributed by atoms with E-state index in [1.165, 1.54) is 11.3 Å². The Kier molecular flexibility index (Phi) is 4.23. The molecule has 1 saturated carbocycles. The molecule has 0 amide bonds. The summed E-state index contributed by atoms with van der Waals surface area (Å²) in [6.45, 7) is 5.08. The second-order valence-corrected chi connectivity index (χ2v) is 7.55. The van der Waals surface area contributed by atoms with Gasteiger partial charge in [-0.1, -0.05) is 17.8 Å². The summed E-state index contributed by atoms with van der Waals surface area (Å²) in [5, 5.41) is 0.596. The first-order chi connectivity index (χ1) is 12.2. The standard InChI is InChI=1S/C19H24N2O3S/c1-3-22-13-9-8-12-14-17(25-18(20)21-14)19(10-6-5-7-11-19)24-15(12)16(13)23-4-2/h8-9H,3-7,10-11H2,1-2H3,(H2,20,21). The van der Waals surface area contributed by atoms with E-state index in [0.29, 0.717) is 24.1 Å². The topological polar surface area (TPSA) is 66.6 Å². The number of anilines is 1. The third-order valence-electron chi connectivity index (χ3n) is 4.94. The fraction of sp³-hybridized carbons (Fsp3) is 0.526. The molecule has 5 nitrogen and oxygen atoms in total. The number of ether oxygens (including phenoxy) is 3. The summed E-state index contributed by atoms with van der Waals surface area (Å²) >= 11 is 1.56. The largest absolute Gasteiger partial charge is 0.490 e. The number of aromatic nitrogens is 1. The van der Waals surface area contributed by atoms with E-state index in [1.54, 1.807) is 11.3 Å². The number of benzene rings is 1. The van der Waals surface area contributed by atoms with Gasteiger partial charge in [-0.2, -0.15) is 0 Å². The second-order valence-electron chi connectivity index (χ2n) is 6.52. The SMILES string of the molecule is CCOc1ccc2c(c1OCC)OC1(CCCCC1)c1sc(N)nc1-2. The maximum atomic E-state index is 6.68. The van der Waals surface area contributed by atoms with E-state index in [2.05, 4.69) is 4.98 Å². The van der Waals surface area contributed by atoms with E-state index >= 15 is 0 Å². The second kappa shape index (κ2) is 6.41. The molecule has 25 heavy (non-hydrogen) atoms. The monoisotopic (exact) mass is 360 g/mol. The Morgan fingerprint density at radius 2 is 1.92 bits per heavy atom. The first-order valence-electron chi connectivity index (χ1n) is 9.07. The molecule has 134 valence electrons. The van der Waals surface area contributed by atoms with Crippen molar-refractivity contribution >= 4 is 16.5 Å². The van der Waals surface area contributed by atoms with Crippen LogP contribution < -0.4 is 19.9 Å². The summed E-state index contributed by atoms with van der Waals surface area (Å²) in [5.41, 5.74) is 7.65. The van der Waals surface area contributed by atoms with Crippen LogP contribution in [0.4, 0.5) is 5.13 Å². The minimum atomic E-state index is -0.327. The molecule has 2 heterocycles. The Balaban J connectivity index is 1.91. The van der Waals surface area contributed by atoms with E-state index in [4.69, 9.17) is 19.9 Å². The Bertz CT molecular complexity index is 781. The highest BCUT2D eigenvalue weighted by atomic mass is 32.1. The maximum Gasteiger partial charge on any atom is 0.204 e. The van der Waals surface area contributed by atoms with E-state index < -0.39 is 0 Å². The molecule has 2 aliphatic rings. The molecule has 2 N–H and O–H groups in total. The summed E-state index contributed by atoms with van der Waals surface area (Å²) < 4.78 is 18.4. The van der Waals surface area contributed by atoms with Crippen molar-refractivity contribution in [1.29, 1.82) is 0 Å². The van der Waals surface area contributed by atoms with Gasteiger partial charge in [0.1, 0.15) is 5.60 Å². The van der Waals surface area contributed by atoms with Gasteiger partial charge in [0.25, 0.3) is 0 Å². The minimum Gasteiger partial charge on any atom is -0.490 e. The number of hydrogen-bond acceptors (Lipinski definition) is 6. The highest BCUT2D eigenvalue weighted by molar-refractivity contribution is 7.16. The van der Waals surface area contributed by atoms with Crippen LogP contribution in [0.5, 0.6) is 17.2 Å². The summed E-state index contributed by atoms with van der Waals surface area (Å²) in [5.74, 6) is 2.16. The van der Waals surface area contributed by atoms with Crippen LogP contribution in [-0.2, 0) is 5.60 Å². The number of hydrogen-bond donors (Lipinski definition) is 1. The van der Waals surface area contributed by atoms with Crippen molar-refractivity contribution in [3.63, 3.8) is 0 Å². The van der Waals surface area contributed by atoms with E-state index in [1.807, 2.05) is 26.0 Å². The Labute approximate surface area is 152 Å². The molecule has 0 unspecified atom stereocenters. The summed E-state index contributed by atoms with van der Waals surface area (Å²) in [4.78, 5) is 5.81. The molecule has 2 aromatic rings. The Morgan fingerprint density at radius 3 is 2.64 bits per heavy atom. The molecule has 0 radical (unpaired) electrons. The third kappa shape index (κ3) is 2.63. The van der Waals surface area contributed by atoms with E-state index in [9.17, 15) is 0 Å². The molecule has 1 spiro atoms. The molecular formula is C19H24N2O3S. The number of rotatable bonds is 4. The molecule has 1 aromatic heterocycles. The average Bonchev–Trinajstić information content (AvgIpc) is 3.01. The molecule has 1 fully saturated rings. The lowest BCUT2D eigenvalue weighted by Crippen LogP contribution is -2.37. The molecule has 0 atom stereocenters. The molecule has 6 heteroatoms. The fourth-order valence-electron chi connectivity index (χ4n) is 3.90. The normalized spacial score (nSPS) is 17.5. The molecule has 1 aliphatic carbocycles. The highest BCUT2D eigenvalue weighted by Crippen LogP contribution is 2.57. The molecule has 0 bridgehead atoms. The molecular weight excluding hydrogens is 336 g/mol. The third-order valence-corrected chi connectivity index (χ3v) is 6.01. The maximum absolute atomic E-state index is 6.68. The predicted molar refractivity (Wildman–Crippen MR) is 99.7 cm³/mol. The molecule has 4 rings (SSSR count). The van der Waals surface area contributed by atoms with Gasteiger partial charge >= 0.3 is 0 Å². The number of thiazole rings is 1. The summed E-state index contributed by atoms with van der Waals surface area (Å²) in [7, 11) is 0. The van der Waals surface area contributed by atoms with Crippen molar-refractivity contribution in [3.8, 4) is 28.5 Å². The van der Waals surface area contributed by atoms with Gasteiger partial charge in [0.15, 0.2) is 16.6 Å². The van der Waals surface area contributed by atoms with E-state index in [0.717, 1.165) is 48.4 Å². The van der Waals surface area contributed by atoms with Crippen molar-refractivity contribution < 1.29 is 14.2 Å². The van der Waals surface area contributed by atoms with Gasteiger partial charge in [0.05, 0.1) is 23.8 Å². The lowest BCUT2D eigenvalue weighted by atomic mass is 9.80. The quantitative estimate of drug-likeness (QED) is 0.853. The predicted octanol–water partition coefficient (Wildman–Crippen LogP) is 4.74. The van der Waals surface area contributed by atoms with Crippen LogP contribution in [0.15, 0.2) is 12.1 Å². The smallest absolute Gasteiger partial charge is 0.204 e. The van der Waals surface area contributed by atoms with E-state index in [-0.39, 0.29) is 5.60 Å². The van der Waals surface area contributed by atoms with Crippen LogP contribution in [-0.4, -0.2) is 18.2 Å². The van der Waals surface area contributed by atoms with Gasteiger partial charge in [-0.25, -0.2) is 4.98 Å². The van der Waals surface area contributed by atoms with Crippen LogP contribution in [0.3, 0.4) is 0 Å². The van der Waals surface area contributed by atoms with Crippen molar-refractivity contribution in [1.82, 2.24) is 4.98 Å². The Morgan fingerprint density at radius 1 is 1.16 bits per heavy atom. The van der Waals surface area contributed by atoms with Gasteiger partial charge < -0.3 is 19.9 Å². The first kappa shape index (κ1) is 16.5. The molecule has 1 aromatic carbocycles. The zero-order valence-electron chi connectivity index (χ0n) is 14.8. The highest BCUT2D eigenvalue weighted by Gasteiger charge is 2.45. The van der Waals surface area contributed by atoms with Crippen molar-refractivity contribution in [2.75, 3.05) is 18.9 Å². The van der Waals surface area contributed by atoms with Crippen LogP contribution in [0.1, 0.15) is 50.8 Å². The van der Waals surface area contributed by atoms with Crippen LogP contribution in [0.25, 0.3) is 11.3 Å². The lowest BCUT2D eigenvalue weighted by Gasteiger charge is -2.41. The van der Waals surface area contributed by atoms with Crippen molar-refractivity contribution in [2.24, 2.45) is 0 Å². The number of nitrogen functional groups attached to an aromatic ring is 1. The van der Waals surface area contributed by atoms with Crippen molar-refractivity contribution in [3.05, 3.63) is 17.0 Å². The van der Waals surface area contributed by atoms with Gasteiger partial charge in [-0.3, -0.25) is 0 Å². The van der Waals surface area contributed by atoms with Crippen LogP contribution in [0, 0.1) is 0 Å². The first-order valence-corrected chi connectivity index (χ1v) is 9.89. The number of fused-ring (bicyclic) bond motifs is 4. The zero-order valence-corrected chi connectivity index (χ0v) is 15.6. The number of nitrogens with zero attached hydrogens (tertiary/aromatic N) is 1. The lowest BCUT2D eigenvalue weighted by molar-refractivity contribution is 0.0238. The number of nitrogens with two attached hydrogens (primary N) is 1. The molecule has 0 saturated heterocycles. The van der Waals surface area contributed by atoms with Crippen LogP contribution in [0.2, 0.25) is 0 Å². The minimum absolute atomic E-state index is 0.327.